The van der Waals surface area contributed by atoms with Crippen LogP contribution in [0.25, 0.3) is 0 Å². The Balaban J connectivity index is 4.75. The lowest BCUT2D eigenvalue weighted by Gasteiger charge is -2.19. The molecule has 242 valence electrons. The van der Waals surface area contributed by atoms with Gasteiger partial charge in [-0.2, -0.15) is 0 Å². The van der Waals surface area contributed by atoms with Crippen molar-refractivity contribution < 1.29 is 40.5 Å². The molecule has 0 aromatic heterocycles. The summed E-state index contributed by atoms with van der Waals surface area (Å²) in [6, 6.07) is 0. The number of carbonyl (C=O) groups is 1. The predicted octanol–water partition coefficient (Wildman–Crippen LogP) is 5.62. The molecule has 7 N–H and O–H groups in total. The Kier molecular flexibility index (Phi) is 21.1. The van der Waals surface area contributed by atoms with Gasteiger partial charge in [0.1, 0.15) is 0 Å². The molecule has 8 unspecified atom stereocenters. The fourth-order valence-corrected chi connectivity index (χ4v) is 4.95. The average molecular weight is 595 g/mol. The summed E-state index contributed by atoms with van der Waals surface area (Å²) in [5.41, 5.74) is 1.53. The quantitative estimate of drug-likeness (QED) is 0.0483. The van der Waals surface area contributed by atoms with Crippen molar-refractivity contribution in [2.75, 3.05) is 6.61 Å². The normalized spacial score (nSPS) is 19.5. The number of hydrogen-bond donors (Lipinski definition) is 7. The summed E-state index contributed by atoms with van der Waals surface area (Å²) in [5, 5.41) is 68.9. The number of allylic oxidation sites excluding steroid dienone is 2. The van der Waals surface area contributed by atoms with Crippen LogP contribution in [0.15, 0.2) is 59.4 Å². The summed E-state index contributed by atoms with van der Waals surface area (Å²) in [4.78, 5) is 10.5. The van der Waals surface area contributed by atoms with E-state index in [0.29, 0.717) is 30.6 Å². The molecule has 0 bridgehead atoms. The smallest absolute Gasteiger partial charge is 0.306 e. The molecule has 0 aliphatic heterocycles. The fourth-order valence-electron chi connectivity index (χ4n) is 4.95. The van der Waals surface area contributed by atoms with E-state index in [4.69, 9.17) is 5.11 Å². The van der Waals surface area contributed by atoms with Crippen LogP contribution < -0.4 is 0 Å². The van der Waals surface area contributed by atoms with Crippen molar-refractivity contribution >= 4 is 5.97 Å². The highest BCUT2D eigenvalue weighted by molar-refractivity contribution is 5.67. The average Bonchev–Trinajstić information content (AvgIpc) is 2.89. The highest BCUT2D eigenvalue weighted by Gasteiger charge is 2.15. The molecular formula is C34H58O8. The fraction of sp³-hybridized carbons (Fsp3) is 0.676. The van der Waals surface area contributed by atoms with Crippen LogP contribution >= 0.6 is 0 Å². The summed E-state index contributed by atoms with van der Waals surface area (Å²) < 4.78 is 0. The topological polar surface area (TPSA) is 159 Å². The molecular weight excluding hydrogens is 536 g/mol. The summed E-state index contributed by atoms with van der Waals surface area (Å²) in [5.74, 6) is 0.0875. The molecule has 0 aliphatic carbocycles. The Morgan fingerprint density at radius 3 is 2.10 bits per heavy atom. The Labute approximate surface area is 253 Å². The number of aliphatic hydroxyl groups is 6. The summed E-state index contributed by atoms with van der Waals surface area (Å²) in [7, 11) is 0. The molecule has 8 nitrogen and oxygen atoms in total. The van der Waals surface area contributed by atoms with E-state index in [2.05, 4.69) is 33.8 Å². The van der Waals surface area contributed by atoms with E-state index in [0.717, 1.165) is 23.6 Å². The molecule has 0 radical (unpaired) electrons. The first-order valence-electron chi connectivity index (χ1n) is 15.4. The SMILES string of the molecule is CCC(C)CC(C)CC(C)C=C(C=C(C)C(O)C(C)C=CC(O)CC=CC(O)CCCC(O)=CC(O)CC(=O)O)CO. The van der Waals surface area contributed by atoms with Crippen molar-refractivity contribution in [1.82, 2.24) is 0 Å². The number of hydrogen-bond acceptors (Lipinski definition) is 7. The number of rotatable bonds is 22. The van der Waals surface area contributed by atoms with Crippen molar-refractivity contribution in [3.63, 3.8) is 0 Å². The molecule has 0 saturated heterocycles. The minimum absolute atomic E-state index is 0.0942. The van der Waals surface area contributed by atoms with Crippen LogP contribution in [0.1, 0.15) is 92.9 Å². The molecule has 0 amide bonds. The second-order valence-corrected chi connectivity index (χ2v) is 12.1. The third-order valence-corrected chi connectivity index (χ3v) is 7.41. The molecule has 0 aromatic carbocycles. The number of carboxylic acids is 1. The molecule has 0 heterocycles. The van der Waals surface area contributed by atoms with Gasteiger partial charge in [-0.25, -0.2) is 0 Å². The van der Waals surface area contributed by atoms with Gasteiger partial charge in [0.25, 0.3) is 0 Å². The van der Waals surface area contributed by atoms with Gasteiger partial charge in [0.2, 0.25) is 0 Å². The lowest BCUT2D eigenvalue weighted by molar-refractivity contribution is -0.138. The van der Waals surface area contributed by atoms with Crippen molar-refractivity contribution in [2.45, 2.75) is 117 Å². The molecule has 0 spiro atoms. The van der Waals surface area contributed by atoms with Crippen LogP contribution in [0, 0.1) is 23.7 Å². The molecule has 42 heavy (non-hydrogen) atoms. The third kappa shape index (κ3) is 19.8. The molecule has 8 heteroatoms. The first-order chi connectivity index (χ1) is 19.7. The highest BCUT2D eigenvalue weighted by atomic mass is 16.4. The van der Waals surface area contributed by atoms with Crippen molar-refractivity contribution in [3.05, 3.63) is 59.4 Å². The molecule has 0 rings (SSSR count). The van der Waals surface area contributed by atoms with Crippen LogP contribution in [-0.2, 0) is 4.79 Å². The number of aliphatic carboxylic acids is 1. The van der Waals surface area contributed by atoms with Gasteiger partial charge in [-0.05, 0) is 74.0 Å². The maximum Gasteiger partial charge on any atom is 0.306 e. The molecule has 8 atom stereocenters. The van der Waals surface area contributed by atoms with Gasteiger partial charge >= 0.3 is 5.97 Å². The maximum absolute atomic E-state index is 10.8. The van der Waals surface area contributed by atoms with E-state index in [-0.39, 0.29) is 31.1 Å². The maximum atomic E-state index is 10.8. The number of carboxylic acid groups (broad SMARTS) is 1. The van der Waals surface area contributed by atoms with Crippen molar-refractivity contribution in [2.24, 2.45) is 23.7 Å². The minimum Gasteiger partial charge on any atom is -0.513 e. The van der Waals surface area contributed by atoms with E-state index in [1.54, 1.807) is 24.3 Å². The lowest BCUT2D eigenvalue weighted by atomic mass is 9.87. The van der Waals surface area contributed by atoms with Crippen LogP contribution in [0.2, 0.25) is 0 Å². The number of aliphatic hydroxyl groups excluding tert-OH is 6. The van der Waals surface area contributed by atoms with Crippen LogP contribution in [0.5, 0.6) is 0 Å². The Bertz CT molecular complexity index is 903. The third-order valence-electron chi connectivity index (χ3n) is 7.41. The minimum atomic E-state index is -1.26. The molecule has 0 aromatic rings. The summed E-state index contributed by atoms with van der Waals surface area (Å²) in [6.07, 6.45) is 12.2. The van der Waals surface area contributed by atoms with Gasteiger partial charge in [-0.3, -0.25) is 4.79 Å². The van der Waals surface area contributed by atoms with E-state index >= 15 is 0 Å². The van der Waals surface area contributed by atoms with Crippen molar-refractivity contribution in [1.29, 1.82) is 0 Å². The first-order valence-corrected chi connectivity index (χ1v) is 15.4. The highest BCUT2D eigenvalue weighted by Crippen LogP contribution is 2.24. The Morgan fingerprint density at radius 2 is 1.50 bits per heavy atom. The van der Waals surface area contributed by atoms with Crippen LogP contribution in [0.4, 0.5) is 0 Å². The predicted molar refractivity (Wildman–Crippen MR) is 169 cm³/mol. The first kappa shape index (κ1) is 39.8. The molecule has 0 saturated carbocycles. The Hall–Kier alpha value is -2.23. The van der Waals surface area contributed by atoms with Gasteiger partial charge in [-0.15, -0.1) is 0 Å². The monoisotopic (exact) mass is 594 g/mol. The zero-order valence-electron chi connectivity index (χ0n) is 26.6. The molecule has 0 aliphatic rings. The summed E-state index contributed by atoms with van der Waals surface area (Å²) in [6.45, 7) is 12.5. The van der Waals surface area contributed by atoms with Gasteiger partial charge in [-0.1, -0.05) is 77.5 Å². The summed E-state index contributed by atoms with van der Waals surface area (Å²) >= 11 is 0. The van der Waals surface area contributed by atoms with Gasteiger partial charge in [0.15, 0.2) is 0 Å². The van der Waals surface area contributed by atoms with E-state index in [9.17, 15) is 35.4 Å². The zero-order chi connectivity index (χ0) is 32.2. The second kappa shape index (κ2) is 22.3. The van der Waals surface area contributed by atoms with Gasteiger partial charge < -0.3 is 35.7 Å². The lowest BCUT2D eigenvalue weighted by Crippen LogP contribution is -2.18. The second-order valence-electron chi connectivity index (χ2n) is 12.1. The van der Waals surface area contributed by atoms with Crippen LogP contribution in [0.3, 0.4) is 0 Å². The van der Waals surface area contributed by atoms with Crippen LogP contribution in [-0.4, -0.2) is 72.7 Å². The van der Waals surface area contributed by atoms with Crippen molar-refractivity contribution in [3.8, 4) is 0 Å². The van der Waals surface area contributed by atoms with E-state index in [1.807, 2.05) is 19.9 Å². The molecule has 0 fully saturated rings. The Morgan fingerprint density at radius 1 is 0.833 bits per heavy atom. The zero-order valence-corrected chi connectivity index (χ0v) is 26.6. The standard InChI is InChI=1S/C34H58O8/c1-7-23(2)16-24(3)17-25(4)18-28(22-35)19-27(6)34(42)26(5)14-15-30(37)12-8-10-29(36)11-9-13-31(38)20-32(39)21-33(40)41/h8,10,14-15,18-20,23-26,29-30,32,34-39,42H,7,9,11-13,16-17,21-22H2,1-6H3,(H,40,41). The van der Waals surface area contributed by atoms with Gasteiger partial charge in [0, 0.05) is 12.3 Å². The van der Waals surface area contributed by atoms with E-state index in [1.165, 1.54) is 12.8 Å². The largest absolute Gasteiger partial charge is 0.513 e. The van der Waals surface area contributed by atoms with E-state index < -0.39 is 36.8 Å². The van der Waals surface area contributed by atoms with Gasteiger partial charge in [0.05, 0.1) is 43.2 Å².